The lowest BCUT2D eigenvalue weighted by Gasteiger charge is -2.08. The zero-order chi connectivity index (χ0) is 15.0. The molecular weight excluding hydrogens is 284 g/mol. The topological polar surface area (TPSA) is 80.9 Å². The summed E-state index contributed by atoms with van der Waals surface area (Å²) in [6.07, 6.45) is 0. The number of nitrogens with one attached hydrogen (secondary N) is 1. The van der Waals surface area contributed by atoms with Crippen molar-refractivity contribution < 1.29 is 4.79 Å². The second kappa shape index (κ2) is 5.14. The molecule has 0 bridgehead atoms. The maximum absolute atomic E-state index is 11.1. The zero-order valence-corrected chi connectivity index (χ0v) is 12.5. The SMILES string of the molecule is Cc1nc(Nc2ccc(C(N)=O)cc2)c2cc(C)sc2n1. The minimum atomic E-state index is -0.435. The van der Waals surface area contributed by atoms with E-state index in [1.807, 2.05) is 26.0 Å². The van der Waals surface area contributed by atoms with Crippen molar-refractivity contribution in [2.75, 3.05) is 5.32 Å². The van der Waals surface area contributed by atoms with Crippen molar-refractivity contribution >= 4 is 39.0 Å². The first-order chi connectivity index (χ1) is 10.0. The number of thiophene rings is 1. The smallest absolute Gasteiger partial charge is 0.248 e. The summed E-state index contributed by atoms with van der Waals surface area (Å²) in [6.45, 7) is 3.92. The number of hydrogen-bond donors (Lipinski definition) is 2. The van der Waals surface area contributed by atoms with Gasteiger partial charge in [-0.15, -0.1) is 11.3 Å². The molecule has 0 spiro atoms. The van der Waals surface area contributed by atoms with Gasteiger partial charge in [0.2, 0.25) is 5.91 Å². The van der Waals surface area contributed by atoms with E-state index in [1.54, 1.807) is 23.5 Å². The highest BCUT2D eigenvalue weighted by Crippen LogP contribution is 2.30. The van der Waals surface area contributed by atoms with Crippen LogP contribution in [0.1, 0.15) is 21.1 Å². The van der Waals surface area contributed by atoms with Gasteiger partial charge in [0.05, 0.1) is 5.39 Å². The van der Waals surface area contributed by atoms with Gasteiger partial charge >= 0.3 is 0 Å². The van der Waals surface area contributed by atoms with Crippen molar-refractivity contribution in [3.05, 3.63) is 46.6 Å². The van der Waals surface area contributed by atoms with Gasteiger partial charge in [-0.25, -0.2) is 9.97 Å². The summed E-state index contributed by atoms with van der Waals surface area (Å²) in [5.41, 5.74) is 6.57. The average molecular weight is 298 g/mol. The van der Waals surface area contributed by atoms with E-state index in [2.05, 4.69) is 21.4 Å². The average Bonchev–Trinajstić information content (AvgIpc) is 2.79. The lowest BCUT2D eigenvalue weighted by molar-refractivity contribution is 0.100. The Morgan fingerprint density at radius 3 is 2.57 bits per heavy atom. The summed E-state index contributed by atoms with van der Waals surface area (Å²) in [7, 11) is 0. The van der Waals surface area contributed by atoms with E-state index < -0.39 is 5.91 Å². The Kier molecular flexibility index (Phi) is 3.31. The van der Waals surface area contributed by atoms with Gasteiger partial charge < -0.3 is 11.1 Å². The molecule has 5 nitrogen and oxygen atoms in total. The van der Waals surface area contributed by atoms with Crippen LogP contribution in [0.2, 0.25) is 0 Å². The van der Waals surface area contributed by atoms with Gasteiger partial charge in [0.1, 0.15) is 16.5 Å². The monoisotopic (exact) mass is 298 g/mol. The number of carbonyl (C=O) groups excluding carboxylic acids is 1. The summed E-state index contributed by atoms with van der Waals surface area (Å²) >= 11 is 1.65. The first-order valence-corrected chi connectivity index (χ1v) is 7.26. The van der Waals surface area contributed by atoms with Crippen molar-refractivity contribution in [1.29, 1.82) is 0 Å². The van der Waals surface area contributed by atoms with E-state index in [0.29, 0.717) is 5.56 Å². The van der Waals surface area contributed by atoms with E-state index in [9.17, 15) is 4.79 Å². The molecule has 1 aromatic carbocycles. The summed E-state index contributed by atoms with van der Waals surface area (Å²) in [5.74, 6) is 1.06. The number of benzene rings is 1. The molecule has 0 aliphatic heterocycles. The van der Waals surface area contributed by atoms with Crippen LogP contribution in [0.5, 0.6) is 0 Å². The van der Waals surface area contributed by atoms with Crippen LogP contribution in [-0.4, -0.2) is 15.9 Å². The summed E-state index contributed by atoms with van der Waals surface area (Å²) in [6, 6.07) is 9.06. The minimum absolute atomic E-state index is 0.435. The predicted octanol–water partition coefficient (Wildman–Crippen LogP) is 3.15. The third-order valence-electron chi connectivity index (χ3n) is 3.06. The van der Waals surface area contributed by atoms with Crippen LogP contribution < -0.4 is 11.1 Å². The lowest BCUT2D eigenvalue weighted by atomic mass is 10.2. The Morgan fingerprint density at radius 2 is 1.90 bits per heavy atom. The van der Waals surface area contributed by atoms with Gasteiger partial charge in [-0.05, 0) is 44.2 Å². The van der Waals surface area contributed by atoms with Crippen LogP contribution in [-0.2, 0) is 0 Å². The zero-order valence-electron chi connectivity index (χ0n) is 11.7. The molecule has 3 N–H and O–H groups in total. The van der Waals surface area contributed by atoms with Gasteiger partial charge in [0, 0.05) is 16.1 Å². The van der Waals surface area contributed by atoms with Crippen molar-refractivity contribution in [1.82, 2.24) is 9.97 Å². The summed E-state index contributed by atoms with van der Waals surface area (Å²) < 4.78 is 0. The highest BCUT2D eigenvalue weighted by molar-refractivity contribution is 7.18. The standard InChI is InChI=1S/C15H14N4OS/c1-8-7-12-14(17-9(2)18-15(12)21-8)19-11-5-3-10(4-6-11)13(16)20/h3-7H,1-2H3,(H2,16,20)(H,17,18,19). The summed E-state index contributed by atoms with van der Waals surface area (Å²) in [5, 5.41) is 4.27. The first-order valence-electron chi connectivity index (χ1n) is 6.44. The molecule has 3 rings (SSSR count). The molecule has 106 valence electrons. The second-order valence-corrected chi connectivity index (χ2v) is 6.00. The molecule has 0 unspecified atom stereocenters. The molecule has 0 saturated carbocycles. The molecule has 0 atom stereocenters. The first kappa shape index (κ1) is 13.5. The lowest BCUT2D eigenvalue weighted by Crippen LogP contribution is -2.10. The summed E-state index contributed by atoms with van der Waals surface area (Å²) in [4.78, 5) is 22.1. The third-order valence-corrected chi connectivity index (χ3v) is 4.00. The van der Waals surface area contributed by atoms with Gasteiger partial charge in [-0.3, -0.25) is 4.79 Å². The number of rotatable bonds is 3. The Bertz CT molecular complexity index is 824. The van der Waals surface area contributed by atoms with E-state index >= 15 is 0 Å². The Balaban J connectivity index is 1.99. The highest BCUT2D eigenvalue weighted by atomic mass is 32.1. The van der Waals surface area contributed by atoms with Gasteiger partial charge in [-0.1, -0.05) is 0 Å². The molecule has 0 saturated heterocycles. The van der Waals surface area contributed by atoms with Gasteiger partial charge in [0.25, 0.3) is 0 Å². The largest absolute Gasteiger partial charge is 0.366 e. The number of aryl methyl sites for hydroxylation is 2. The van der Waals surface area contributed by atoms with Crippen LogP contribution in [0.4, 0.5) is 11.5 Å². The fourth-order valence-electron chi connectivity index (χ4n) is 2.10. The number of aromatic nitrogens is 2. The number of amides is 1. The van der Waals surface area contributed by atoms with Crippen LogP contribution in [0.15, 0.2) is 30.3 Å². The molecular formula is C15H14N4OS. The van der Waals surface area contributed by atoms with E-state index in [4.69, 9.17) is 5.73 Å². The van der Waals surface area contributed by atoms with E-state index in [0.717, 1.165) is 27.5 Å². The number of primary amides is 1. The second-order valence-electron chi connectivity index (χ2n) is 4.76. The number of fused-ring (bicyclic) bond motifs is 1. The molecule has 0 aliphatic rings. The Labute approximate surface area is 125 Å². The maximum atomic E-state index is 11.1. The maximum Gasteiger partial charge on any atom is 0.248 e. The molecule has 2 aromatic heterocycles. The van der Waals surface area contributed by atoms with Crippen LogP contribution in [0.25, 0.3) is 10.2 Å². The number of nitrogens with zero attached hydrogens (tertiary/aromatic N) is 2. The van der Waals surface area contributed by atoms with Gasteiger partial charge in [-0.2, -0.15) is 0 Å². The molecule has 0 radical (unpaired) electrons. The number of carbonyl (C=O) groups is 1. The minimum Gasteiger partial charge on any atom is -0.366 e. The molecule has 3 aromatic rings. The van der Waals surface area contributed by atoms with Crippen LogP contribution in [0, 0.1) is 13.8 Å². The molecule has 1 amide bonds. The van der Waals surface area contributed by atoms with E-state index in [1.165, 1.54) is 4.88 Å². The predicted molar refractivity (Wildman–Crippen MR) is 85.1 cm³/mol. The fourth-order valence-corrected chi connectivity index (χ4v) is 3.02. The van der Waals surface area contributed by atoms with Crippen molar-refractivity contribution in [3.63, 3.8) is 0 Å². The Morgan fingerprint density at radius 1 is 1.19 bits per heavy atom. The fraction of sp³-hybridized carbons (Fsp3) is 0.133. The van der Waals surface area contributed by atoms with Gasteiger partial charge in [0.15, 0.2) is 0 Å². The molecule has 21 heavy (non-hydrogen) atoms. The van der Waals surface area contributed by atoms with Crippen molar-refractivity contribution in [2.24, 2.45) is 5.73 Å². The number of hydrogen-bond acceptors (Lipinski definition) is 5. The highest BCUT2D eigenvalue weighted by Gasteiger charge is 2.09. The van der Waals surface area contributed by atoms with Crippen molar-refractivity contribution in [2.45, 2.75) is 13.8 Å². The molecule has 6 heteroatoms. The molecule has 0 fully saturated rings. The molecule has 0 aliphatic carbocycles. The van der Waals surface area contributed by atoms with E-state index in [-0.39, 0.29) is 0 Å². The normalized spacial score (nSPS) is 10.8. The number of anilines is 2. The van der Waals surface area contributed by atoms with Crippen LogP contribution in [0.3, 0.4) is 0 Å². The quantitative estimate of drug-likeness (QED) is 0.778. The molecule has 2 heterocycles. The van der Waals surface area contributed by atoms with Crippen LogP contribution >= 0.6 is 11.3 Å². The number of nitrogens with two attached hydrogens (primary N) is 1. The third kappa shape index (κ3) is 2.71. The Hall–Kier alpha value is -2.47. The van der Waals surface area contributed by atoms with Crippen molar-refractivity contribution in [3.8, 4) is 0 Å².